The van der Waals surface area contributed by atoms with Crippen molar-refractivity contribution in [3.05, 3.63) is 58.1 Å². The van der Waals surface area contributed by atoms with Crippen molar-refractivity contribution in [2.45, 2.75) is 89.2 Å². The summed E-state index contributed by atoms with van der Waals surface area (Å²) in [5.74, 6) is 0. The number of carbonyl (C=O) groups excluding carboxylic acids is 1. The molecule has 0 bridgehead atoms. The molecule has 1 atom stereocenters. The number of rotatable bonds is 4. The number of fused-ring (bicyclic) bond motifs is 2. The number of carbonyl (C=O) groups is 1. The van der Waals surface area contributed by atoms with Gasteiger partial charge in [0.2, 0.25) is 0 Å². The van der Waals surface area contributed by atoms with Gasteiger partial charge >= 0.3 is 6.03 Å². The second-order valence-corrected chi connectivity index (χ2v) is 18.1. The molecule has 7 heteroatoms. The maximum absolute atomic E-state index is 14.3. The molecule has 0 saturated carbocycles. The number of nitrogens with zero attached hydrogens (tertiary/aromatic N) is 1. The van der Waals surface area contributed by atoms with Crippen molar-refractivity contribution in [1.82, 2.24) is 4.72 Å². The number of benzene rings is 2. The first kappa shape index (κ1) is 24.0. The molecule has 1 unspecified atom stereocenters. The van der Waals surface area contributed by atoms with Crippen molar-refractivity contribution in [1.29, 1.82) is 0 Å². The molecule has 2 aromatic rings. The molecule has 4 rings (SSSR count). The van der Waals surface area contributed by atoms with Gasteiger partial charge in [-0.15, -0.1) is 0 Å². The maximum atomic E-state index is 14.3. The van der Waals surface area contributed by atoms with Crippen LogP contribution in [0.5, 0.6) is 0 Å². The summed E-state index contributed by atoms with van der Waals surface area (Å²) >= 11 is 0. The minimum absolute atomic E-state index is 0.0976. The Morgan fingerprint density at radius 1 is 0.970 bits per heavy atom. The molecule has 2 aliphatic rings. The van der Waals surface area contributed by atoms with Gasteiger partial charge in [-0.2, -0.15) is 0 Å². The van der Waals surface area contributed by atoms with Gasteiger partial charge in [-0.3, -0.25) is 4.03 Å². The number of hydrogen-bond donors (Lipinski definition) is 2. The third-order valence-corrected chi connectivity index (χ3v) is 15.4. The molecule has 5 nitrogen and oxygen atoms in total. The summed E-state index contributed by atoms with van der Waals surface area (Å²) in [4.78, 5) is 13.9. The van der Waals surface area contributed by atoms with Gasteiger partial charge in [0.05, 0.1) is 4.90 Å². The second-order valence-electron chi connectivity index (χ2n) is 11.0. The van der Waals surface area contributed by atoms with Crippen LogP contribution >= 0.6 is 0 Å². The van der Waals surface area contributed by atoms with Crippen molar-refractivity contribution >= 4 is 29.9 Å². The molecule has 0 heterocycles. The van der Waals surface area contributed by atoms with E-state index in [9.17, 15) is 9.00 Å². The fourth-order valence-corrected chi connectivity index (χ4v) is 9.74. The Balaban J connectivity index is 1.72. The quantitative estimate of drug-likeness (QED) is 0.485. The Labute approximate surface area is 200 Å². The molecule has 2 amide bonds. The van der Waals surface area contributed by atoms with Crippen molar-refractivity contribution < 1.29 is 9.00 Å². The Bertz CT molecular complexity index is 1170. The molecule has 2 aliphatic carbocycles. The van der Waals surface area contributed by atoms with Gasteiger partial charge in [0.15, 0.2) is 18.2 Å². The summed E-state index contributed by atoms with van der Waals surface area (Å²) in [7, 11) is -5.47. The van der Waals surface area contributed by atoms with E-state index in [1.165, 1.54) is 22.3 Å². The van der Waals surface area contributed by atoms with Gasteiger partial charge in [-0.25, -0.2) is 13.7 Å². The summed E-state index contributed by atoms with van der Waals surface area (Å²) in [5.41, 5.74) is 7.26. The largest absolute Gasteiger partial charge is 0.331 e. The van der Waals surface area contributed by atoms with E-state index in [0.717, 1.165) is 49.8 Å². The van der Waals surface area contributed by atoms with Crippen LogP contribution in [0.3, 0.4) is 0 Å². The first-order valence-electron chi connectivity index (χ1n) is 12.0. The topological polar surface area (TPSA) is 70.6 Å². The minimum Gasteiger partial charge on any atom is -0.307 e. The van der Waals surface area contributed by atoms with Crippen LogP contribution in [0.2, 0.25) is 18.1 Å². The Morgan fingerprint density at radius 2 is 1.52 bits per heavy atom. The van der Waals surface area contributed by atoms with E-state index in [4.69, 9.17) is 4.03 Å². The first-order valence-corrected chi connectivity index (χ1v) is 16.5. The highest BCUT2D eigenvalue weighted by Crippen LogP contribution is 2.39. The second kappa shape index (κ2) is 8.58. The van der Waals surface area contributed by atoms with Gasteiger partial charge in [-0.1, -0.05) is 44.5 Å². The zero-order valence-corrected chi connectivity index (χ0v) is 22.6. The lowest BCUT2D eigenvalue weighted by molar-refractivity contribution is 0.256. The van der Waals surface area contributed by atoms with E-state index in [1.54, 1.807) is 0 Å². The molecule has 2 aromatic carbocycles. The van der Waals surface area contributed by atoms with Crippen LogP contribution in [0.1, 0.15) is 61.4 Å². The van der Waals surface area contributed by atoms with E-state index in [-0.39, 0.29) is 5.04 Å². The van der Waals surface area contributed by atoms with Crippen LogP contribution in [0, 0.1) is 6.92 Å². The third-order valence-electron chi connectivity index (χ3n) is 7.48. The Kier molecular flexibility index (Phi) is 6.25. The standard InChI is InChI=1S/C26H37N3O2SSi/c1-18-13-15-21(16-14-18)32(31,29-33(5,6)26(2,3)4)28-25(30)27-24-22-11-7-9-19(22)17-20-10-8-12-23(20)24/h13-17H,7-12H2,1-6H3,(H2,27,28,29,30,31). The number of amides is 2. The van der Waals surface area contributed by atoms with E-state index in [0.29, 0.717) is 4.90 Å². The van der Waals surface area contributed by atoms with Crippen molar-refractivity contribution in [2.24, 2.45) is 4.03 Å². The van der Waals surface area contributed by atoms with Crippen LogP contribution < -0.4 is 10.0 Å². The first-order chi connectivity index (χ1) is 15.4. The van der Waals surface area contributed by atoms with Crippen LogP contribution in [-0.2, 0) is 35.6 Å². The van der Waals surface area contributed by atoms with E-state index >= 15 is 0 Å². The van der Waals surface area contributed by atoms with Gasteiger partial charge < -0.3 is 5.32 Å². The number of hydrogen-bond acceptors (Lipinski definition) is 3. The molecule has 33 heavy (non-hydrogen) atoms. The smallest absolute Gasteiger partial charge is 0.307 e. The number of anilines is 1. The molecular formula is C26H37N3O2SSi. The van der Waals surface area contributed by atoms with Crippen LogP contribution in [0.15, 0.2) is 39.3 Å². The predicted molar refractivity (Wildman–Crippen MR) is 140 cm³/mol. The summed E-state index contributed by atoms with van der Waals surface area (Å²) in [6.45, 7) is 12.6. The third kappa shape index (κ3) is 4.76. The lowest BCUT2D eigenvalue weighted by atomic mass is 9.99. The normalized spacial score (nSPS) is 17.2. The van der Waals surface area contributed by atoms with Gasteiger partial charge in [0.1, 0.15) is 0 Å². The molecule has 0 saturated heterocycles. The molecule has 2 N–H and O–H groups in total. The average Bonchev–Trinajstić information content (AvgIpc) is 3.36. The fraction of sp³-hybridized carbons (Fsp3) is 0.500. The highest BCUT2D eigenvalue weighted by atomic mass is 32.2. The van der Waals surface area contributed by atoms with Gasteiger partial charge in [0.25, 0.3) is 0 Å². The highest BCUT2D eigenvalue weighted by Gasteiger charge is 2.38. The van der Waals surface area contributed by atoms with E-state index in [1.807, 2.05) is 31.2 Å². The molecule has 0 spiro atoms. The molecule has 178 valence electrons. The maximum Gasteiger partial charge on any atom is 0.331 e. The average molecular weight is 484 g/mol. The number of aryl methyl sites for hydroxylation is 3. The summed E-state index contributed by atoms with van der Waals surface area (Å²) < 4.78 is 22.1. The zero-order chi connectivity index (χ0) is 24.0. The zero-order valence-electron chi connectivity index (χ0n) is 20.8. The lowest BCUT2D eigenvalue weighted by Gasteiger charge is -2.33. The monoisotopic (exact) mass is 483 g/mol. The predicted octanol–water partition coefficient (Wildman–Crippen LogP) is 6.54. The molecule has 0 radical (unpaired) electrons. The minimum atomic E-state index is -3.15. The number of urea groups is 1. The van der Waals surface area contributed by atoms with Crippen LogP contribution in [0.25, 0.3) is 0 Å². The molecule has 0 aliphatic heterocycles. The SMILES string of the molecule is Cc1ccc(S(=O)(=N[Si](C)(C)C(C)(C)C)NC(=O)Nc2c3c(cc4c2CCC4)CCC3)cc1. The summed E-state index contributed by atoms with van der Waals surface area (Å²) in [5, 5.41) is 3.03. The van der Waals surface area contributed by atoms with Gasteiger partial charge in [0, 0.05) is 5.69 Å². The van der Waals surface area contributed by atoms with Gasteiger partial charge in [-0.05, 0) is 98.0 Å². The molecule has 0 fully saturated rings. The van der Waals surface area contributed by atoms with E-state index in [2.05, 4.69) is 50.0 Å². The summed E-state index contributed by atoms with van der Waals surface area (Å²) in [6.07, 6.45) is 6.35. The summed E-state index contributed by atoms with van der Waals surface area (Å²) in [6, 6.07) is 9.41. The van der Waals surface area contributed by atoms with Crippen molar-refractivity contribution in [3.8, 4) is 0 Å². The van der Waals surface area contributed by atoms with Crippen LogP contribution in [0.4, 0.5) is 10.5 Å². The molecule has 0 aromatic heterocycles. The number of nitrogens with one attached hydrogen (secondary N) is 2. The lowest BCUT2D eigenvalue weighted by Crippen LogP contribution is -2.41. The fourth-order valence-electron chi connectivity index (χ4n) is 4.55. The van der Waals surface area contributed by atoms with Crippen LogP contribution in [-0.4, -0.2) is 18.5 Å². The van der Waals surface area contributed by atoms with Crippen molar-refractivity contribution in [3.63, 3.8) is 0 Å². The Morgan fingerprint density at radius 3 is 2.03 bits per heavy atom. The molecular weight excluding hydrogens is 446 g/mol. The Hall–Kier alpha value is -2.12. The highest BCUT2D eigenvalue weighted by molar-refractivity contribution is 7.93. The van der Waals surface area contributed by atoms with Crippen molar-refractivity contribution in [2.75, 3.05) is 5.32 Å². The van der Waals surface area contributed by atoms with E-state index < -0.39 is 24.2 Å².